The minimum Gasteiger partial charge on any atom is -0.393 e. The number of hydrogen-bond acceptors (Lipinski definition) is 2. The van der Waals surface area contributed by atoms with E-state index in [1.165, 1.54) is 45.1 Å². The molecule has 2 aliphatic rings. The molecule has 1 N–H and O–H groups in total. The van der Waals surface area contributed by atoms with Crippen LogP contribution < -0.4 is 0 Å². The Bertz CT molecular complexity index is 262. The third kappa shape index (κ3) is 4.46. The van der Waals surface area contributed by atoms with Gasteiger partial charge < -0.3 is 10.0 Å². The molecule has 0 saturated heterocycles. The van der Waals surface area contributed by atoms with Crippen molar-refractivity contribution in [2.75, 3.05) is 13.1 Å². The van der Waals surface area contributed by atoms with Crippen LogP contribution in [0.5, 0.6) is 0 Å². The van der Waals surface area contributed by atoms with Crippen molar-refractivity contribution >= 4 is 0 Å². The van der Waals surface area contributed by atoms with Crippen LogP contribution in [0.1, 0.15) is 65.7 Å². The minimum atomic E-state index is -0.0436. The van der Waals surface area contributed by atoms with E-state index in [-0.39, 0.29) is 6.10 Å². The van der Waals surface area contributed by atoms with E-state index in [1.54, 1.807) is 0 Å². The molecule has 0 radical (unpaired) electrons. The molecule has 0 bridgehead atoms. The summed E-state index contributed by atoms with van der Waals surface area (Å²) in [5.41, 5.74) is 0. The van der Waals surface area contributed by atoms with Crippen LogP contribution in [0.15, 0.2) is 0 Å². The highest BCUT2D eigenvalue weighted by Gasteiger charge is 2.35. The van der Waals surface area contributed by atoms with Gasteiger partial charge in [0.2, 0.25) is 0 Å². The lowest BCUT2D eigenvalue weighted by atomic mass is 9.74. The Labute approximate surface area is 119 Å². The molecular weight excluding hydrogens is 234 g/mol. The first kappa shape index (κ1) is 15.3. The van der Waals surface area contributed by atoms with Crippen molar-refractivity contribution in [1.29, 1.82) is 0 Å². The van der Waals surface area contributed by atoms with Crippen molar-refractivity contribution in [3.8, 4) is 0 Å². The van der Waals surface area contributed by atoms with Gasteiger partial charge in [0.05, 0.1) is 6.10 Å². The molecule has 2 heteroatoms. The van der Waals surface area contributed by atoms with Gasteiger partial charge >= 0.3 is 0 Å². The summed E-state index contributed by atoms with van der Waals surface area (Å²) in [5, 5.41) is 10.3. The molecule has 2 fully saturated rings. The third-order valence-corrected chi connectivity index (χ3v) is 5.26. The van der Waals surface area contributed by atoms with Crippen molar-refractivity contribution in [2.45, 2.75) is 77.9 Å². The Kier molecular flexibility index (Phi) is 5.70. The monoisotopic (exact) mass is 267 g/mol. The van der Waals surface area contributed by atoms with Crippen LogP contribution in [0.3, 0.4) is 0 Å². The van der Waals surface area contributed by atoms with Gasteiger partial charge in [0.25, 0.3) is 0 Å². The highest BCUT2D eigenvalue weighted by atomic mass is 16.3. The molecular formula is C17H33NO. The third-order valence-electron chi connectivity index (χ3n) is 5.26. The van der Waals surface area contributed by atoms with Gasteiger partial charge in [-0.25, -0.2) is 0 Å². The van der Waals surface area contributed by atoms with Crippen molar-refractivity contribution < 1.29 is 5.11 Å². The molecule has 0 heterocycles. The number of aliphatic hydroxyl groups excluding tert-OH is 1. The smallest absolute Gasteiger partial charge is 0.0580 e. The molecule has 0 aromatic heterocycles. The van der Waals surface area contributed by atoms with Crippen LogP contribution in [-0.4, -0.2) is 35.2 Å². The van der Waals surface area contributed by atoms with Crippen molar-refractivity contribution in [3.63, 3.8) is 0 Å². The van der Waals surface area contributed by atoms with Gasteiger partial charge in [-0.15, -0.1) is 0 Å². The van der Waals surface area contributed by atoms with Gasteiger partial charge in [0, 0.05) is 12.6 Å². The van der Waals surface area contributed by atoms with Crippen LogP contribution in [0.2, 0.25) is 0 Å². The maximum Gasteiger partial charge on any atom is 0.0580 e. The Balaban J connectivity index is 1.86. The molecule has 2 saturated carbocycles. The fraction of sp³-hybridized carbons (Fsp3) is 1.00. The summed E-state index contributed by atoms with van der Waals surface area (Å²) >= 11 is 0. The second-order valence-corrected chi connectivity index (χ2v) is 7.22. The van der Waals surface area contributed by atoms with E-state index in [9.17, 15) is 5.11 Å². The average Bonchev–Trinajstić information content (AvgIpc) is 3.20. The van der Waals surface area contributed by atoms with E-state index in [0.717, 1.165) is 30.8 Å². The average molecular weight is 267 g/mol. The molecule has 2 aliphatic carbocycles. The molecule has 0 amide bonds. The van der Waals surface area contributed by atoms with Crippen molar-refractivity contribution in [2.24, 2.45) is 17.8 Å². The number of nitrogens with zero attached hydrogens (tertiary/aromatic N) is 1. The lowest BCUT2D eigenvalue weighted by Gasteiger charge is -2.38. The lowest BCUT2D eigenvalue weighted by Crippen LogP contribution is -2.41. The molecule has 0 spiro atoms. The van der Waals surface area contributed by atoms with Gasteiger partial charge in [-0.05, 0) is 62.8 Å². The SMILES string of the molecule is CCCCN(CC1CC(C(C)C)CCC1O)C1CC1. The van der Waals surface area contributed by atoms with E-state index < -0.39 is 0 Å². The zero-order valence-electron chi connectivity index (χ0n) is 13.1. The molecule has 112 valence electrons. The van der Waals surface area contributed by atoms with E-state index in [4.69, 9.17) is 0 Å². The summed E-state index contributed by atoms with van der Waals surface area (Å²) in [6.07, 6.45) is 8.83. The second-order valence-electron chi connectivity index (χ2n) is 7.22. The number of aliphatic hydroxyl groups is 1. The summed E-state index contributed by atoms with van der Waals surface area (Å²) in [6, 6.07) is 0.846. The Hall–Kier alpha value is -0.0800. The molecule has 2 rings (SSSR count). The number of unbranched alkanes of at least 4 members (excludes halogenated alkanes) is 1. The summed E-state index contributed by atoms with van der Waals surface area (Å²) in [6.45, 7) is 9.35. The van der Waals surface area contributed by atoms with Crippen LogP contribution >= 0.6 is 0 Å². The first-order valence-corrected chi connectivity index (χ1v) is 8.54. The predicted octanol–water partition coefficient (Wildman–Crippen LogP) is 3.68. The van der Waals surface area contributed by atoms with E-state index in [2.05, 4.69) is 25.7 Å². The fourth-order valence-electron chi connectivity index (χ4n) is 3.61. The Morgan fingerprint density at radius 1 is 1.16 bits per heavy atom. The van der Waals surface area contributed by atoms with E-state index in [1.807, 2.05) is 0 Å². The van der Waals surface area contributed by atoms with Gasteiger partial charge in [0.15, 0.2) is 0 Å². The molecule has 0 aromatic carbocycles. The normalized spacial score (nSPS) is 32.2. The standard InChI is InChI=1S/C17H33NO/c1-4-5-10-18(16-7-8-16)12-15-11-14(13(2)3)6-9-17(15)19/h13-17,19H,4-12H2,1-3H3. The van der Waals surface area contributed by atoms with Gasteiger partial charge in [-0.2, -0.15) is 0 Å². The molecule has 0 aliphatic heterocycles. The van der Waals surface area contributed by atoms with Gasteiger partial charge in [-0.1, -0.05) is 27.2 Å². The van der Waals surface area contributed by atoms with E-state index >= 15 is 0 Å². The number of rotatable bonds is 7. The van der Waals surface area contributed by atoms with E-state index in [0.29, 0.717) is 5.92 Å². The maximum absolute atomic E-state index is 10.3. The summed E-state index contributed by atoms with van der Waals surface area (Å²) < 4.78 is 0. The molecule has 19 heavy (non-hydrogen) atoms. The zero-order chi connectivity index (χ0) is 13.8. The predicted molar refractivity (Wildman–Crippen MR) is 81.2 cm³/mol. The van der Waals surface area contributed by atoms with Crippen LogP contribution in [0.4, 0.5) is 0 Å². The van der Waals surface area contributed by atoms with Crippen LogP contribution in [0.25, 0.3) is 0 Å². The van der Waals surface area contributed by atoms with Crippen LogP contribution in [-0.2, 0) is 0 Å². The van der Waals surface area contributed by atoms with Crippen molar-refractivity contribution in [3.05, 3.63) is 0 Å². The highest BCUT2D eigenvalue weighted by Crippen LogP contribution is 2.36. The largest absolute Gasteiger partial charge is 0.393 e. The lowest BCUT2D eigenvalue weighted by molar-refractivity contribution is 0.0169. The first-order valence-electron chi connectivity index (χ1n) is 8.54. The summed E-state index contributed by atoms with van der Waals surface area (Å²) in [7, 11) is 0. The fourth-order valence-corrected chi connectivity index (χ4v) is 3.61. The topological polar surface area (TPSA) is 23.5 Å². The summed E-state index contributed by atoms with van der Waals surface area (Å²) in [4.78, 5) is 2.68. The quantitative estimate of drug-likeness (QED) is 0.760. The van der Waals surface area contributed by atoms with Crippen LogP contribution in [0, 0.1) is 17.8 Å². The van der Waals surface area contributed by atoms with Gasteiger partial charge in [-0.3, -0.25) is 0 Å². The zero-order valence-corrected chi connectivity index (χ0v) is 13.1. The first-order chi connectivity index (χ1) is 9.11. The molecule has 3 unspecified atom stereocenters. The highest BCUT2D eigenvalue weighted by molar-refractivity contribution is 4.89. The summed E-state index contributed by atoms with van der Waals surface area (Å²) in [5.74, 6) is 2.14. The molecule has 3 atom stereocenters. The number of hydrogen-bond donors (Lipinski definition) is 1. The molecule has 0 aromatic rings. The molecule has 2 nitrogen and oxygen atoms in total. The van der Waals surface area contributed by atoms with Crippen molar-refractivity contribution in [1.82, 2.24) is 4.90 Å². The Morgan fingerprint density at radius 3 is 2.47 bits per heavy atom. The Morgan fingerprint density at radius 2 is 1.89 bits per heavy atom. The van der Waals surface area contributed by atoms with Gasteiger partial charge in [0.1, 0.15) is 0 Å². The maximum atomic E-state index is 10.3. The second kappa shape index (κ2) is 7.08. The minimum absolute atomic E-state index is 0.0436.